The van der Waals surface area contributed by atoms with Crippen LogP contribution in [0.2, 0.25) is 0 Å². The van der Waals surface area contributed by atoms with Gasteiger partial charge in [0.15, 0.2) is 0 Å². The van der Waals surface area contributed by atoms with Crippen LogP contribution >= 0.6 is 11.3 Å². The van der Waals surface area contributed by atoms with Crippen LogP contribution < -0.4 is 11.1 Å². The first kappa shape index (κ1) is 15.7. The van der Waals surface area contributed by atoms with E-state index in [0.717, 1.165) is 30.0 Å². The van der Waals surface area contributed by atoms with Crippen molar-refractivity contribution in [3.8, 4) is 0 Å². The van der Waals surface area contributed by atoms with Crippen molar-refractivity contribution in [3.63, 3.8) is 0 Å². The highest BCUT2D eigenvalue weighted by atomic mass is 32.1. The Bertz CT molecular complexity index is 554. The van der Waals surface area contributed by atoms with Gasteiger partial charge in [0.05, 0.1) is 17.1 Å². The van der Waals surface area contributed by atoms with Crippen LogP contribution in [0, 0.1) is 0 Å². The molecule has 2 aromatic rings. The summed E-state index contributed by atoms with van der Waals surface area (Å²) in [7, 11) is 0. The first-order valence-corrected chi connectivity index (χ1v) is 8.10. The molecule has 0 aliphatic carbocycles. The molecule has 0 aliphatic rings. The molecule has 0 spiro atoms. The lowest BCUT2D eigenvalue weighted by Gasteiger charge is -2.04. The fourth-order valence-corrected chi connectivity index (χ4v) is 2.86. The number of nitrogens with two attached hydrogens (primary N) is 1. The van der Waals surface area contributed by atoms with Crippen LogP contribution in [0.15, 0.2) is 35.7 Å². The summed E-state index contributed by atoms with van der Waals surface area (Å²) in [6.45, 7) is 1.34. The van der Waals surface area contributed by atoms with Gasteiger partial charge in [-0.1, -0.05) is 30.3 Å². The molecule has 0 radical (unpaired) electrons. The maximum Gasteiger partial charge on any atom is 0.226 e. The normalized spacial score (nSPS) is 10.5. The van der Waals surface area contributed by atoms with Crippen LogP contribution in [-0.4, -0.2) is 24.0 Å². The third kappa shape index (κ3) is 5.65. The van der Waals surface area contributed by atoms with Crippen molar-refractivity contribution in [2.24, 2.45) is 5.73 Å². The molecule has 0 saturated carbocycles. The van der Waals surface area contributed by atoms with Crippen molar-refractivity contribution >= 4 is 17.2 Å². The number of aryl methyl sites for hydroxylation is 1. The van der Waals surface area contributed by atoms with E-state index in [0.29, 0.717) is 19.5 Å². The van der Waals surface area contributed by atoms with Gasteiger partial charge in [-0.2, -0.15) is 0 Å². The molecule has 1 aromatic carbocycles. The molecule has 0 saturated heterocycles. The van der Waals surface area contributed by atoms with E-state index < -0.39 is 0 Å². The number of thiazole rings is 1. The molecule has 3 N–H and O–H groups in total. The Labute approximate surface area is 129 Å². The van der Waals surface area contributed by atoms with Crippen LogP contribution in [-0.2, 0) is 24.1 Å². The number of nitrogens with zero attached hydrogens (tertiary/aromatic N) is 1. The lowest BCUT2D eigenvalue weighted by molar-refractivity contribution is -0.120. The summed E-state index contributed by atoms with van der Waals surface area (Å²) in [6, 6.07) is 10.1. The average molecular weight is 303 g/mol. The fourth-order valence-electron chi connectivity index (χ4n) is 2.02. The van der Waals surface area contributed by atoms with Crippen LogP contribution in [0.4, 0.5) is 0 Å². The van der Waals surface area contributed by atoms with Crippen LogP contribution in [0.1, 0.15) is 22.7 Å². The van der Waals surface area contributed by atoms with Crippen molar-refractivity contribution in [2.45, 2.75) is 25.7 Å². The van der Waals surface area contributed by atoms with Gasteiger partial charge in [-0.25, -0.2) is 4.98 Å². The number of rotatable bonds is 8. The lowest BCUT2D eigenvalue weighted by atomic mass is 10.1. The van der Waals surface area contributed by atoms with Crippen molar-refractivity contribution in [1.82, 2.24) is 10.3 Å². The molecule has 1 amide bonds. The summed E-state index contributed by atoms with van der Waals surface area (Å²) < 4.78 is 0. The number of carbonyl (C=O) groups excluding carboxylic acids is 1. The zero-order valence-electron chi connectivity index (χ0n) is 12.0. The fraction of sp³-hybridized carbons (Fsp3) is 0.375. The first-order chi connectivity index (χ1) is 10.3. The van der Waals surface area contributed by atoms with E-state index in [9.17, 15) is 4.79 Å². The summed E-state index contributed by atoms with van der Waals surface area (Å²) in [5, 5.41) is 5.96. The summed E-state index contributed by atoms with van der Waals surface area (Å²) in [5.74, 6) is 0.0293. The minimum absolute atomic E-state index is 0.0293. The summed E-state index contributed by atoms with van der Waals surface area (Å²) in [6.07, 6.45) is 3.05. The molecule has 21 heavy (non-hydrogen) atoms. The molecular weight excluding hydrogens is 282 g/mol. The zero-order chi connectivity index (χ0) is 14.9. The zero-order valence-corrected chi connectivity index (χ0v) is 12.9. The Balaban J connectivity index is 1.70. The van der Waals surface area contributed by atoms with E-state index in [-0.39, 0.29) is 5.91 Å². The van der Waals surface area contributed by atoms with Crippen molar-refractivity contribution in [1.29, 1.82) is 0 Å². The number of carbonyl (C=O) groups is 1. The van der Waals surface area contributed by atoms with Gasteiger partial charge in [-0.15, -0.1) is 11.3 Å². The molecule has 0 atom stereocenters. The maximum absolute atomic E-state index is 11.9. The quantitative estimate of drug-likeness (QED) is 0.783. The van der Waals surface area contributed by atoms with E-state index in [1.807, 2.05) is 23.6 Å². The average Bonchev–Trinajstić information content (AvgIpc) is 2.93. The number of amides is 1. The highest BCUT2D eigenvalue weighted by molar-refractivity contribution is 7.09. The van der Waals surface area contributed by atoms with Crippen molar-refractivity contribution in [3.05, 3.63) is 52.0 Å². The third-order valence-corrected chi connectivity index (χ3v) is 4.07. The topological polar surface area (TPSA) is 68.0 Å². The van der Waals surface area contributed by atoms with Gasteiger partial charge < -0.3 is 11.1 Å². The molecule has 0 bridgehead atoms. The lowest BCUT2D eigenvalue weighted by Crippen LogP contribution is -2.27. The first-order valence-electron chi connectivity index (χ1n) is 7.22. The van der Waals surface area contributed by atoms with Gasteiger partial charge in [0.25, 0.3) is 0 Å². The monoisotopic (exact) mass is 303 g/mol. The third-order valence-electron chi connectivity index (χ3n) is 3.11. The standard InChI is InChI=1S/C16H21N3OS/c17-9-4-7-16-19-14(12-21-16)11-15(20)18-10-8-13-5-2-1-3-6-13/h1-3,5-6,12H,4,7-11,17H2,(H,18,20). The van der Waals surface area contributed by atoms with E-state index in [1.54, 1.807) is 11.3 Å². The second kappa shape index (κ2) is 8.54. The molecular formula is C16H21N3OS. The molecule has 0 unspecified atom stereocenters. The minimum Gasteiger partial charge on any atom is -0.355 e. The predicted octanol–water partition coefficient (Wildman–Crippen LogP) is 1.94. The van der Waals surface area contributed by atoms with Gasteiger partial charge in [0.1, 0.15) is 0 Å². The van der Waals surface area contributed by atoms with Crippen molar-refractivity contribution < 1.29 is 4.79 Å². The van der Waals surface area contributed by atoms with Gasteiger partial charge in [-0.05, 0) is 24.9 Å². The SMILES string of the molecule is NCCCc1nc(CC(=O)NCCc2ccccc2)cs1. The second-order valence-electron chi connectivity index (χ2n) is 4.89. The Morgan fingerprint density at radius 1 is 1.24 bits per heavy atom. The summed E-state index contributed by atoms with van der Waals surface area (Å²) in [4.78, 5) is 16.3. The number of aromatic nitrogens is 1. The number of hydrogen-bond donors (Lipinski definition) is 2. The molecule has 1 heterocycles. The van der Waals surface area contributed by atoms with Gasteiger partial charge in [0, 0.05) is 18.3 Å². The van der Waals surface area contributed by atoms with E-state index in [2.05, 4.69) is 22.4 Å². The molecule has 2 rings (SSSR count). The van der Waals surface area contributed by atoms with Crippen LogP contribution in [0.3, 0.4) is 0 Å². The largest absolute Gasteiger partial charge is 0.355 e. The van der Waals surface area contributed by atoms with Gasteiger partial charge >= 0.3 is 0 Å². The van der Waals surface area contributed by atoms with E-state index >= 15 is 0 Å². The van der Waals surface area contributed by atoms with E-state index in [4.69, 9.17) is 5.73 Å². The number of nitrogens with one attached hydrogen (secondary N) is 1. The molecule has 112 valence electrons. The van der Waals surface area contributed by atoms with Crippen LogP contribution in [0.5, 0.6) is 0 Å². The number of hydrogen-bond acceptors (Lipinski definition) is 4. The Morgan fingerprint density at radius 3 is 2.81 bits per heavy atom. The van der Waals surface area contributed by atoms with Crippen molar-refractivity contribution in [2.75, 3.05) is 13.1 Å². The van der Waals surface area contributed by atoms with E-state index in [1.165, 1.54) is 5.56 Å². The maximum atomic E-state index is 11.9. The molecule has 1 aromatic heterocycles. The molecule has 5 heteroatoms. The highest BCUT2D eigenvalue weighted by Gasteiger charge is 2.07. The van der Waals surface area contributed by atoms with Gasteiger partial charge in [0.2, 0.25) is 5.91 Å². The predicted molar refractivity (Wildman–Crippen MR) is 86.3 cm³/mol. The Kier molecular flexibility index (Phi) is 6.37. The van der Waals surface area contributed by atoms with Gasteiger partial charge in [-0.3, -0.25) is 4.79 Å². The minimum atomic E-state index is 0.0293. The van der Waals surface area contributed by atoms with Crippen LogP contribution in [0.25, 0.3) is 0 Å². The number of benzene rings is 1. The summed E-state index contributed by atoms with van der Waals surface area (Å²) in [5.41, 5.74) is 7.56. The molecule has 0 fully saturated rings. The molecule has 0 aliphatic heterocycles. The Hall–Kier alpha value is -1.72. The highest BCUT2D eigenvalue weighted by Crippen LogP contribution is 2.12. The molecule has 4 nitrogen and oxygen atoms in total. The second-order valence-corrected chi connectivity index (χ2v) is 5.83. The summed E-state index contributed by atoms with van der Waals surface area (Å²) >= 11 is 1.61. The Morgan fingerprint density at radius 2 is 2.05 bits per heavy atom. The smallest absolute Gasteiger partial charge is 0.226 e.